The Morgan fingerprint density at radius 3 is 2.79 bits per heavy atom. The lowest BCUT2D eigenvalue weighted by Crippen LogP contribution is -2.11. The molecule has 0 saturated carbocycles. The number of carbonyl (C=O) groups is 1. The van der Waals surface area contributed by atoms with Crippen LogP contribution in [0.1, 0.15) is 18.4 Å². The highest BCUT2D eigenvalue weighted by Gasteiger charge is 2.09. The lowest BCUT2D eigenvalue weighted by molar-refractivity contribution is -0.116. The number of nitrogens with one attached hydrogen (secondary N) is 1. The highest BCUT2D eigenvalue weighted by molar-refractivity contribution is 7.98. The molecule has 0 fully saturated rings. The van der Waals surface area contributed by atoms with E-state index in [1.54, 1.807) is 6.07 Å². The second-order valence-electron chi connectivity index (χ2n) is 5.30. The van der Waals surface area contributed by atoms with Gasteiger partial charge in [-0.15, -0.1) is 0 Å². The number of para-hydroxylation sites is 1. The van der Waals surface area contributed by atoms with E-state index in [2.05, 4.69) is 22.4 Å². The topological polar surface area (TPSA) is 42.0 Å². The van der Waals surface area contributed by atoms with Crippen molar-refractivity contribution in [3.63, 3.8) is 0 Å². The molecule has 0 atom stereocenters. The molecule has 0 aliphatic rings. The van der Waals surface area contributed by atoms with Crippen molar-refractivity contribution in [1.29, 1.82) is 0 Å². The summed E-state index contributed by atoms with van der Waals surface area (Å²) in [5.74, 6) is 1.96. The lowest BCUT2D eigenvalue weighted by atomic mass is 10.2. The molecule has 3 aromatic rings. The number of hydrogen-bond acceptors (Lipinski definition) is 4. The van der Waals surface area contributed by atoms with Gasteiger partial charge in [0.1, 0.15) is 5.52 Å². The Bertz CT molecular complexity index is 820. The quantitative estimate of drug-likeness (QED) is 0.545. The first kappa shape index (κ1) is 17.3. The number of thiazole rings is 1. The smallest absolute Gasteiger partial charge is 0.226 e. The fourth-order valence-electron chi connectivity index (χ4n) is 2.25. The zero-order chi connectivity index (χ0) is 16.8. The first-order valence-electron chi connectivity index (χ1n) is 7.69. The van der Waals surface area contributed by atoms with E-state index < -0.39 is 0 Å². The fourth-order valence-corrected chi connectivity index (χ4v) is 4.35. The van der Waals surface area contributed by atoms with Crippen molar-refractivity contribution in [2.75, 3.05) is 11.1 Å². The Morgan fingerprint density at radius 2 is 2.00 bits per heavy atom. The summed E-state index contributed by atoms with van der Waals surface area (Å²) in [6.45, 7) is 0. The summed E-state index contributed by atoms with van der Waals surface area (Å²) in [6, 6.07) is 16.0. The van der Waals surface area contributed by atoms with Gasteiger partial charge < -0.3 is 5.32 Å². The van der Waals surface area contributed by atoms with E-state index in [1.807, 2.05) is 42.1 Å². The molecule has 0 saturated heterocycles. The average molecular weight is 377 g/mol. The van der Waals surface area contributed by atoms with Gasteiger partial charge in [0.2, 0.25) is 5.91 Å². The van der Waals surface area contributed by atoms with Crippen LogP contribution >= 0.6 is 34.7 Å². The predicted octanol–water partition coefficient (Wildman–Crippen LogP) is 5.60. The Balaban J connectivity index is 1.41. The number of aromatic nitrogens is 1. The van der Waals surface area contributed by atoms with Crippen LogP contribution in [-0.2, 0) is 10.5 Å². The molecular weight excluding hydrogens is 360 g/mol. The standard InChI is InChI=1S/C18H17ClN2OS2/c19-14-8-4-9-15-17(14)21-18(24-15)20-16(22)10-5-11-23-12-13-6-2-1-3-7-13/h1-4,6-9H,5,10-12H2,(H,20,21,22). The summed E-state index contributed by atoms with van der Waals surface area (Å²) in [6.07, 6.45) is 1.36. The molecular formula is C18H17ClN2OS2. The minimum atomic E-state index is 0.00508. The molecule has 1 heterocycles. The van der Waals surface area contributed by atoms with Crippen LogP contribution in [0.3, 0.4) is 0 Å². The fraction of sp³-hybridized carbons (Fsp3) is 0.222. The number of carbonyl (C=O) groups excluding carboxylic acids is 1. The van der Waals surface area contributed by atoms with Crippen molar-refractivity contribution in [2.24, 2.45) is 0 Å². The van der Waals surface area contributed by atoms with Crippen LogP contribution in [-0.4, -0.2) is 16.6 Å². The molecule has 0 spiro atoms. The van der Waals surface area contributed by atoms with Crippen LogP contribution in [0, 0.1) is 0 Å². The number of benzene rings is 2. The third-order valence-corrected chi connectivity index (χ3v) is 5.78. The third-order valence-electron chi connectivity index (χ3n) is 3.42. The van der Waals surface area contributed by atoms with Gasteiger partial charge in [0.05, 0.1) is 9.72 Å². The zero-order valence-electron chi connectivity index (χ0n) is 13.0. The van der Waals surface area contributed by atoms with E-state index in [0.29, 0.717) is 16.6 Å². The minimum Gasteiger partial charge on any atom is -0.302 e. The predicted molar refractivity (Wildman–Crippen MR) is 105 cm³/mol. The van der Waals surface area contributed by atoms with E-state index in [0.717, 1.165) is 28.1 Å². The maximum atomic E-state index is 12.0. The third kappa shape index (κ3) is 4.72. The number of hydrogen-bond donors (Lipinski definition) is 1. The van der Waals surface area contributed by atoms with E-state index >= 15 is 0 Å². The number of thioether (sulfide) groups is 1. The van der Waals surface area contributed by atoms with Crippen molar-refractivity contribution in [1.82, 2.24) is 4.98 Å². The molecule has 24 heavy (non-hydrogen) atoms. The summed E-state index contributed by atoms with van der Waals surface area (Å²) in [5, 5.41) is 4.09. The van der Waals surface area contributed by atoms with Crippen LogP contribution in [0.2, 0.25) is 5.02 Å². The van der Waals surface area contributed by atoms with Crippen molar-refractivity contribution >= 4 is 56.0 Å². The van der Waals surface area contributed by atoms with Gasteiger partial charge in [0, 0.05) is 12.2 Å². The van der Waals surface area contributed by atoms with E-state index in [-0.39, 0.29) is 5.91 Å². The Hall–Kier alpha value is -1.56. The second kappa shape index (κ2) is 8.51. The van der Waals surface area contributed by atoms with Crippen molar-refractivity contribution < 1.29 is 4.79 Å². The molecule has 0 unspecified atom stereocenters. The van der Waals surface area contributed by atoms with Crippen LogP contribution in [0.5, 0.6) is 0 Å². The Kier molecular flexibility index (Phi) is 6.12. The van der Waals surface area contributed by atoms with Crippen molar-refractivity contribution in [3.05, 3.63) is 59.1 Å². The largest absolute Gasteiger partial charge is 0.302 e. The maximum absolute atomic E-state index is 12.0. The first-order chi connectivity index (χ1) is 11.7. The number of halogens is 1. The summed E-state index contributed by atoms with van der Waals surface area (Å²) < 4.78 is 0.983. The molecule has 124 valence electrons. The molecule has 0 aliphatic heterocycles. The monoisotopic (exact) mass is 376 g/mol. The van der Waals surface area contributed by atoms with Crippen LogP contribution in [0.25, 0.3) is 10.2 Å². The molecule has 3 rings (SSSR count). The second-order valence-corrected chi connectivity index (χ2v) is 7.84. The van der Waals surface area contributed by atoms with Crippen molar-refractivity contribution in [2.45, 2.75) is 18.6 Å². The zero-order valence-corrected chi connectivity index (χ0v) is 15.4. The molecule has 0 radical (unpaired) electrons. The highest BCUT2D eigenvalue weighted by atomic mass is 35.5. The summed E-state index contributed by atoms with van der Waals surface area (Å²) in [5.41, 5.74) is 2.07. The molecule has 0 bridgehead atoms. The van der Waals surface area contributed by atoms with Gasteiger partial charge in [-0.2, -0.15) is 11.8 Å². The first-order valence-corrected chi connectivity index (χ1v) is 10.0. The van der Waals surface area contributed by atoms with E-state index in [1.165, 1.54) is 16.9 Å². The van der Waals surface area contributed by atoms with Crippen LogP contribution in [0.15, 0.2) is 48.5 Å². The molecule has 1 N–H and O–H groups in total. The van der Waals surface area contributed by atoms with E-state index in [9.17, 15) is 4.79 Å². The molecule has 2 aromatic carbocycles. The number of anilines is 1. The number of fused-ring (bicyclic) bond motifs is 1. The molecule has 1 aromatic heterocycles. The lowest BCUT2D eigenvalue weighted by Gasteiger charge is -2.03. The van der Waals surface area contributed by atoms with Gasteiger partial charge in [-0.3, -0.25) is 4.79 Å². The summed E-state index contributed by atoms with van der Waals surface area (Å²) in [4.78, 5) is 16.4. The normalized spacial score (nSPS) is 10.9. The molecule has 6 heteroatoms. The van der Waals surface area contributed by atoms with Gasteiger partial charge in [-0.05, 0) is 29.9 Å². The van der Waals surface area contributed by atoms with Gasteiger partial charge in [0.25, 0.3) is 0 Å². The summed E-state index contributed by atoms with van der Waals surface area (Å²) >= 11 is 9.40. The van der Waals surface area contributed by atoms with Crippen LogP contribution in [0.4, 0.5) is 5.13 Å². The van der Waals surface area contributed by atoms with E-state index in [4.69, 9.17) is 11.6 Å². The van der Waals surface area contributed by atoms with Crippen LogP contribution < -0.4 is 5.32 Å². The summed E-state index contributed by atoms with van der Waals surface area (Å²) in [7, 11) is 0. The molecule has 1 amide bonds. The Morgan fingerprint density at radius 1 is 1.17 bits per heavy atom. The highest BCUT2D eigenvalue weighted by Crippen LogP contribution is 2.30. The number of amides is 1. The average Bonchev–Trinajstić information content (AvgIpc) is 2.99. The molecule has 3 nitrogen and oxygen atoms in total. The SMILES string of the molecule is O=C(CCCSCc1ccccc1)Nc1nc2c(Cl)cccc2s1. The Labute approximate surface area is 154 Å². The molecule has 0 aliphatic carbocycles. The minimum absolute atomic E-state index is 0.00508. The number of rotatable bonds is 7. The van der Waals surface area contributed by atoms with Gasteiger partial charge in [0.15, 0.2) is 5.13 Å². The van der Waals surface area contributed by atoms with Crippen molar-refractivity contribution in [3.8, 4) is 0 Å². The van der Waals surface area contributed by atoms with Gasteiger partial charge in [-0.25, -0.2) is 4.98 Å². The maximum Gasteiger partial charge on any atom is 0.226 e. The van der Waals surface area contributed by atoms with Gasteiger partial charge in [-0.1, -0.05) is 59.3 Å². The van der Waals surface area contributed by atoms with Gasteiger partial charge >= 0.3 is 0 Å². The number of nitrogens with zero attached hydrogens (tertiary/aromatic N) is 1.